The van der Waals surface area contributed by atoms with Gasteiger partial charge in [-0.05, 0) is 26.0 Å². The highest BCUT2D eigenvalue weighted by molar-refractivity contribution is 5.30. The van der Waals surface area contributed by atoms with E-state index in [0.717, 1.165) is 0 Å². The summed E-state index contributed by atoms with van der Waals surface area (Å²) in [5.41, 5.74) is -0.585. The highest BCUT2D eigenvalue weighted by atomic mass is 16.3. The molecule has 0 spiro atoms. The van der Waals surface area contributed by atoms with Gasteiger partial charge in [0.05, 0.1) is 0 Å². The van der Waals surface area contributed by atoms with Gasteiger partial charge >= 0.3 is 11.4 Å². The topological polar surface area (TPSA) is 172 Å². The van der Waals surface area contributed by atoms with Crippen molar-refractivity contribution in [2.45, 2.75) is 13.8 Å². The van der Waals surface area contributed by atoms with E-state index < -0.39 is 11.4 Å². The summed E-state index contributed by atoms with van der Waals surface area (Å²) in [5.74, 6) is 0.176. The van der Waals surface area contributed by atoms with Crippen LogP contribution in [0.15, 0.2) is 55.8 Å². The average molecular weight is 362 g/mol. The molecule has 0 aliphatic heterocycles. The molecular formula is C16H18N4O6. The molecule has 26 heavy (non-hydrogen) atoms. The molecule has 0 radical (unpaired) electrons. The number of nitrogens with one attached hydrogen (secondary N) is 4. The van der Waals surface area contributed by atoms with Crippen molar-refractivity contribution in [3.63, 3.8) is 0 Å². The maximum absolute atomic E-state index is 10.6. The van der Waals surface area contributed by atoms with Crippen molar-refractivity contribution in [1.82, 2.24) is 19.9 Å². The summed E-state index contributed by atoms with van der Waals surface area (Å²) in [5, 5.41) is 17.3. The quantitative estimate of drug-likeness (QED) is 0.324. The molecule has 0 unspecified atom stereocenters. The molecule has 0 atom stereocenters. The van der Waals surface area contributed by atoms with Crippen LogP contribution >= 0.6 is 0 Å². The fraction of sp³-hybridized carbons (Fsp3) is 0.125. The van der Waals surface area contributed by atoms with E-state index in [-0.39, 0.29) is 22.6 Å². The molecule has 2 heterocycles. The predicted molar refractivity (Wildman–Crippen MR) is 94.6 cm³/mol. The number of hydrogen-bond acceptors (Lipinski definition) is 6. The second-order valence-electron chi connectivity index (χ2n) is 5.03. The molecule has 6 N–H and O–H groups in total. The Bertz CT molecular complexity index is 994. The second-order valence-corrected chi connectivity index (χ2v) is 5.03. The zero-order valence-corrected chi connectivity index (χ0v) is 14.0. The summed E-state index contributed by atoms with van der Waals surface area (Å²) >= 11 is 0. The standard InChI is InChI=1S/C6H6O2.2C5H6N2O2/c7-5-2-1-3-6(8)4-5;2*1-3-2-6-5(9)7-4(3)8/h1-4,7-8H;2*2H,1H3,(H2,6,7,8,9). The zero-order valence-electron chi connectivity index (χ0n) is 14.0. The molecular weight excluding hydrogens is 344 g/mol. The molecule has 10 heteroatoms. The van der Waals surface area contributed by atoms with Crippen molar-refractivity contribution in [3.8, 4) is 11.5 Å². The third kappa shape index (κ3) is 7.17. The first-order valence-electron chi connectivity index (χ1n) is 7.24. The number of aromatic amines is 4. The van der Waals surface area contributed by atoms with Crippen molar-refractivity contribution in [3.05, 3.63) is 89.5 Å². The van der Waals surface area contributed by atoms with Crippen molar-refractivity contribution in [2.24, 2.45) is 0 Å². The van der Waals surface area contributed by atoms with Crippen LogP contribution in [-0.2, 0) is 0 Å². The lowest BCUT2D eigenvalue weighted by molar-refractivity contribution is 0.450. The zero-order chi connectivity index (χ0) is 19.7. The molecule has 0 aliphatic rings. The van der Waals surface area contributed by atoms with Crippen LogP contribution in [0.3, 0.4) is 0 Å². The number of H-pyrrole nitrogens is 4. The Kier molecular flexibility index (Phi) is 7.37. The smallest absolute Gasteiger partial charge is 0.325 e. The van der Waals surface area contributed by atoms with E-state index in [1.807, 2.05) is 0 Å². The van der Waals surface area contributed by atoms with Gasteiger partial charge in [-0.2, -0.15) is 0 Å². The van der Waals surface area contributed by atoms with Crippen LogP contribution in [0.2, 0.25) is 0 Å². The van der Waals surface area contributed by atoms with Crippen molar-refractivity contribution in [1.29, 1.82) is 0 Å². The summed E-state index contributed by atoms with van der Waals surface area (Å²) in [7, 11) is 0. The minimum absolute atomic E-state index is 0.0880. The minimum Gasteiger partial charge on any atom is -0.508 e. The third-order valence-electron chi connectivity index (χ3n) is 2.84. The maximum atomic E-state index is 10.6. The van der Waals surface area contributed by atoms with Crippen molar-refractivity contribution < 1.29 is 10.2 Å². The van der Waals surface area contributed by atoms with Crippen LogP contribution in [-0.4, -0.2) is 30.1 Å². The summed E-state index contributed by atoms with van der Waals surface area (Å²) < 4.78 is 0. The normalized spacial score (nSPS) is 9.31. The minimum atomic E-state index is -0.467. The SMILES string of the molecule is Cc1c[nH]c(=O)[nH]c1=O.Cc1c[nH]c(=O)[nH]c1=O.Oc1cccc(O)c1. The first-order valence-corrected chi connectivity index (χ1v) is 7.24. The first-order chi connectivity index (χ1) is 12.2. The van der Waals surface area contributed by atoms with Crippen LogP contribution in [0.25, 0.3) is 0 Å². The number of benzene rings is 1. The fourth-order valence-corrected chi connectivity index (χ4v) is 1.45. The Labute approximate surface area is 145 Å². The van der Waals surface area contributed by atoms with E-state index >= 15 is 0 Å². The molecule has 2 aromatic heterocycles. The number of aromatic nitrogens is 4. The van der Waals surface area contributed by atoms with E-state index in [2.05, 4.69) is 19.9 Å². The van der Waals surface area contributed by atoms with Gasteiger partial charge in [-0.1, -0.05) is 6.07 Å². The Hall–Kier alpha value is -3.82. The number of hydrogen-bond donors (Lipinski definition) is 6. The van der Waals surface area contributed by atoms with E-state index in [9.17, 15) is 19.2 Å². The lowest BCUT2D eigenvalue weighted by Crippen LogP contribution is -2.22. The summed E-state index contributed by atoms with van der Waals surface area (Å²) in [6.45, 7) is 3.24. The van der Waals surface area contributed by atoms with Gasteiger partial charge in [0, 0.05) is 29.6 Å². The van der Waals surface area contributed by atoms with Gasteiger partial charge in [-0.25, -0.2) is 9.59 Å². The molecule has 10 nitrogen and oxygen atoms in total. The third-order valence-corrected chi connectivity index (χ3v) is 2.84. The van der Waals surface area contributed by atoms with E-state index in [1.54, 1.807) is 19.9 Å². The lowest BCUT2D eigenvalue weighted by atomic mass is 10.3. The molecule has 0 bridgehead atoms. The van der Waals surface area contributed by atoms with Crippen LogP contribution in [0.4, 0.5) is 0 Å². The van der Waals surface area contributed by atoms with E-state index in [1.165, 1.54) is 30.6 Å². The summed E-state index contributed by atoms with van der Waals surface area (Å²) in [4.78, 5) is 50.6. The van der Waals surface area contributed by atoms with Gasteiger partial charge in [0.2, 0.25) is 0 Å². The number of aryl methyl sites for hydroxylation is 2. The molecule has 0 amide bonds. The number of phenols is 2. The van der Waals surface area contributed by atoms with Gasteiger partial charge in [-0.15, -0.1) is 0 Å². The van der Waals surface area contributed by atoms with Crippen LogP contribution in [0, 0.1) is 13.8 Å². The monoisotopic (exact) mass is 362 g/mol. The van der Waals surface area contributed by atoms with Gasteiger partial charge in [0.25, 0.3) is 11.1 Å². The summed E-state index contributed by atoms with van der Waals surface area (Å²) in [6, 6.07) is 5.85. The maximum Gasteiger partial charge on any atom is 0.325 e. The largest absolute Gasteiger partial charge is 0.508 e. The predicted octanol–water partition coefficient (Wildman–Crippen LogP) is -0.159. The highest BCUT2D eigenvalue weighted by Gasteiger charge is 1.89. The average Bonchev–Trinajstić information content (AvgIpc) is 2.56. The van der Waals surface area contributed by atoms with Crippen molar-refractivity contribution >= 4 is 0 Å². The van der Waals surface area contributed by atoms with E-state index in [0.29, 0.717) is 11.1 Å². The Balaban J connectivity index is 0.000000195. The molecule has 138 valence electrons. The van der Waals surface area contributed by atoms with Crippen molar-refractivity contribution in [2.75, 3.05) is 0 Å². The van der Waals surface area contributed by atoms with Gasteiger partial charge < -0.3 is 20.2 Å². The Morgan fingerprint density at radius 3 is 1.35 bits per heavy atom. The van der Waals surface area contributed by atoms with Crippen LogP contribution in [0.5, 0.6) is 11.5 Å². The highest BCUT2D eigenvalue weighted by Crippen LogP contribution is 2.14. The molecule has 1 aromatic carbocycles. The van der Waals surface area contributed by atoms with Gasteiger partial charge in [0.15, 0.2) is 0 Å². The molecule has 3 aromatic rings. The number of rotatable bonds is 0. The molecule has 0 fully saturated rings. The second kappa shape index (κ2) is 9.47. The first kappa shape index (κ1) is 20.2. The van der Waals surface area contributed by atoms with Gasteiger partial charge in [0.1, 0.15) is 11.5 Å². The fourth-order valence-electron chi connectivity index (χ4n) is 1.45. The molecule has 0 aliphatic carbocycles. The van der Waals surface area contributed by atoms with Crippen LogP contribution in [0.1, 0.15) is 11.1 Å². The van der Waals surface area contributed by atoms with E-state index in [4.69, 9.17) is 10.2 Å². The number of aromatic hydroxyl groups is 2. The Morgan fingerprint density at radius 2 is 1.12 bits per heavy atom. The molecule has 0 saturated carbocycles. The molecule has 0 saturated heterocycles. The van der Waals surface area contributed by atoms with Crippen LogP contribution < -0.4 is 22.5 Å². The number of phenolic OH excluding ortho intramolecular Hbond substituents is 2. The summed E-state index contributed by atoms with van der Waals surface area (Å²) in [6.07, 6.45) is 2.75. The van der Waals surface area contributed by atoms with Gasteiger partial charge in [-0.3, -0.25) is 19.6 Å². The molecule has 3 rings (SSSR count). The lowest BCUT2D eigenvalue weighted by Gasteiger charge is -1.89. The Morgan fingerprint density at radius 1 is 0.731 bits per heavy atom.